The van der Waals surface area contributed by atoms with Gasteiger partial charge in [-0.1, -0.05) is 0 Å². The van der Waals surface area contributed by atoms with Crippen molar-refractivity contribution in [2.45, 2.75) is 18.9 Å². The summed E-state index contributed by atoms with van der Waals surface area (Å²) in [6.45, 7) is 0.644. The van der Waals surface area contributed by atoms with Crippen molar-refractivity contribution < 1.29 is 34.0 Å². The maximum Gasteiger partial charge on any atom is 0.320 e. The summed E-state index contributed by atoms with van der Waals surface area (Å²) in [5, 5.41) is 24.7. The molecule has 0 rings (SSSR count). The summed E-state index contributed by atoms with van der Waals surface area (Å²) in [6.07, 6.45) is -0.224. The smallest absolute Gasteiger partial charge is 0.320 e. The normalized spacial score (nSPS) is 11.6. The molecule has 0 aromatic carbocycles. The van der Waals surface area contributed by atoms with Gasteiger partial charge in [-0.2, -0.15) is 0 Å². The first-order valence-electron chi connectivity index (χ1n) is 5.40. The van der Waals surface area contributed by atoms with Crippen molar-refractivity contribution in [1.29, 1.82) is 0 Å². The number of nitrogens with two attached hydrogens (primary N) is 1. The number of nitrogens with zero attached hydrogens (tertiary/aromatic N) is 1. The van der Waals surface area contributed by atoms with E-state index in [0.717, 1.165) is 0 Å². The molecule has 0 spiro atoms. The molecule has 0 aromatic rings. The SMILES string of the molecule is C[N+](C)(C#P=O)CCO.NC(CCC(=O)O)C(=O)O. The molecule has 0 heterocycles. The monoisotopic (exact) mass is 295 g/mol. The Balaban J connectivity index is 0. The molecule has 0 aliphatic rings. The predicted molar refractivity (Wildman–Crippen MR) is 68.0 cm³/mol. The second kappa shape index (κ2) is 10.7. The van der Waals surface area contributed by atoms with Gasteiger partial charge in [0.25, 0.3) is 0 Å². The maximum absolute atomic E-state index is 9.99. The van der Waals surface area contributed by atoms with Crippen molar-refractivity contribution in [3.8, 4) is 5.75 Å². The zero-order valence-corrected chi connectivity index (χ0v) is 11.8. The molecule has 5 N–H and O–H groups in total. The van der Waals surface area contributed by atoms with Crippen LogP contribution in [0.15, 0.2) is 0 Å². The molecule has 1 atom stereocenters. The quantitative estimate of drug-likeness (QED) is 0.383. The molecule has 0 aliphatic carbocycles. The summed E-state index contributed by atoms with van der Waals surface area (Å²) in [4.78, 5) is 19.9. The van der Waals surface area contributed by atoms with Crippen LogP contribution in [-0.4, -0.2) is 65.0 Å². The van der Waals surface area contributed by atoms with Crippen molar-refractivity contribution in [1.82, 2.24) is 0 Å². The number of carboxylic acid groups (broad SMARTS) is 2. The Kier molecular flexibility index (Phi) is 11.4. The van der Waals surface area contributed by atoms with E-state index in [0.29, 0.717) is 11.0 Å². The average Bonchev–Trinajstić information content (AvgIpc) is 2.26. The van der Waals surface area contributed by atoms with Crippen LogP contribution >= 0.6 is 7.92 Å². The van der Waals surface area contributed by atoms with Crippen molar-refractivity contribution in [2.24, 2.45) is 5.73 Å². The number of likely N-dealkylation sites (N-methyl/N-ethyl adjacent to an activating group) is 1. The molecule has 0 fully saturated rings. The Morgan fingerprint density at radius 2 is 1.89 bits per heavy atom. The van der Waals surface area contributed by atoms with Gasteiger partial charge in [-0.15, -0.1) is 0 Å². The van der Waals surface area contributed by atoms with E-state index >= 15 is 0 Å². The van der Waals surface area contributed by atoms with Crippen molar-refractivity contribution in [3.05, 3.63) is 0 Å². The molecule has 110 valence electrons. The van der Waals surface area contributed by atoms with E-state index in [9.17, 15) is 14.2 Å². The fourth-order valence-corrected chi connectivity index (χ4v) is 1.13. The molecule has 0 aromatic heterocycles. The molecule has 0 saturated heterocycles. The van der Waals surface area contributed by atoms with Crippen LogP contribution in [0.25, 0.3) is 0 Å². The Morgan fingerprint density at radius 3 is 2.21 bits per heavy atom. The van der Waals surface area contributed by atoms with Crippen molar-refractivity contribution in [2.75, 3.05) is 27.2 Å². The van der Waals surface area contributed by atoms with Crippen LogP contribution in [0.4, 0.5) is 0 Å². The van der Waals surface area contributed by atoms with Crippen molar-refractivity contribution >= 4 is 19.9 Å². The van der Waals surface area contributed by atoms with E-state index < -0.39 is 18.0 Å². The third-order valence-corrected chi connectivity index (χ3v) is 2.58. The van der Waals surface area contributed by atoms with Crippen LogP contribution in [0.5, 0.6) is 0 Å². The molecule has 0 bridgehead atoms. The minimum atomic E-state index is -1.17. The average molecular weight is 295 g/mol. The number of carbonyl (C=O) groups is 2. The third-order valence-electron chi connectivity index (χ3n) is 1.96. The zero-order valence-electron chi connectivity index (χ0n) is 10.9. The fraction of sp³-hybridized carbons (Fsp3) is 0.700. The fourth-order valence-electron chi connectivity index (χ4n) is 0.813. The van der Waals surface area contributed by atoms with Crippen LogP contribution < -0.4 is 5.73 Å². The van der Waals surface area contributed by atoms with Gasteiger partial charge in [-0.25, -0.2) is 0 Å². The summed E-state index contributed by atoms with van der Waals surface area (Å²) >= 11 is 0. The summed E-state index contributed by atoms with van der Waals surface area (Å²) < 4.78 is 10.3. The van der Waals surface area contributed by atoms with Gasteiger partial charge in [0.05, 0.1) is 0 Å². The molecule has 8 nitrogen and oxygen atoms in total. The number of hydrogen-bond donors (Lipinski definition) is 4. The van der Waals surface area contributed by atoms with Gasteiger partial charge in [-0.3, -0.25) is 9.59 Å². The first-order chi connectivity index (χ1) is 8.66. The topological polar surface area (TPSA) is 138 Å². The standard InChI is InChI=1S/C5H9NO4.C5H11NO2P/c6-3(5(9)10)1-2-4(7)8;1-6(2,3-4-7)5-9-8/h3H,1-2,6H2,(H,7,8)(H,9,10);7H,3-4H2,1-2H3/q;+1. The first kappa shape index (κ1) is 20.2. The first-order valence-corrected chi connectivity index (χ1v) is 6.21. The molecule has 0 saturated carbocycles. The minimum Gasteiger partial charge on any atom is -0.481 e. The number of aliphatic hydroxyl groups is 1. The van der Waals surface area contributed by atoms with Gasteiger partial charge in [0.2, 0.25) is 0 Å². The second-order valence-electron chi connectivity index (χ2n) is 4.20. The Labute approximate surface area is 112 Å². The molecule has 0 aliphatic heterocycles. The number of aliphatic carboxylic acids is 2. The van der Waals surface area contributed by atoms with Gasteiger partial charge in [-0.05, 0) is 6.42 Å². The third kappa shape index (κ3) is 14.8. The molecule has 1 unspecified atom stereocenters. The van der Waals surface area contributed by atoms with Crippen LogP contribution in [0, 0.1) is 5.75 Å². The Hall–Kier alpha value is -1.17. The van der Waals surface area contributed by atoms with Gasteiger partial charge in [0, 0.05) is 6.42 Å². The van der Waals surface area contributed by atoms with E-state index in [1.165, 1.54) is 0 Å². The number of quaternary nitrogens is 1. The zero-order chi connectivity index (χ0) is 15.5. The van der Waals surface area contributed by atoms with Crippen LogP contribution in [-0.2, 0) is 14.2 Å². The van der Waals surface area contributed by atoms with Gasteiger partial charge < -0.3 is 15.9 Å². The van der Waals surface area contributed by atoms with Gasteiger partial charge in [0.1, 0.15) is 6.04 Å². The predicted octanol–water partition coefficient (Wildman–Crippen LogP) is -0.473. The molecular formula is C10H20N2O6P+. The largest absolute Gasteiger partial charge is 0.481 e. The molecule has 0 amide bonds. The number of hydrogen-bond acceptors (Lipinski definition) is 5. The molecule has 0 radical (unpaired) electrons. The van der Waals surface area contributed by atoms with Crippen LogP contribution in [0.2, 0.25) is 0 Å². The van der Waals surface area contributed by atoms with Gasteiger partial charge >= 0.3 is 67.0 Å². The molecule has 19 heavy (non-hydrogen) atoms. The second-order valence-corrected chi connectivity index (χ2v) is 4.58. The summed E-state index contributed by atoms with van der Waals surface area (Å²) in [6, 6.07) is -1.06. The number of carboxylic acids is 2. The van der Waals surface area contributed by atoms with E-state index in [4.69, 9.17) is 21.1 Å². The van der Waals surface area contributed by atoms with Gasteiger partial charge in [0.15, 0.2) is 0 Å². The van der Waals surface area contributed by atoms with Crippen molar-refractivity contribution in [3.63, 3.8) is 0 Å². The van der Waals surface area contributed by atoms with E-state index in [1.54, 1.807) is 0 Å². The van der Waals surface area contributed by atoms with Crippen LogP contribution in [0.3, 0.4) is 0 Å². The van der Waals surface area contributed by atoms with Crippen LogP contribution in [0.1, 0.15) is 12.8 Å². The number of aliphatic hydroxyl groups excluding tert-OH is 1. The molecule has 9 heteroatoms. The summed E-state index contributed by atoms with van der Waals surface area (Å²) in [5.74, 6) is 0.421. The Morgan fingerprint density at radius 1 is 1.37 bits per heavy atom. The number of rotatable bonds is 6. The minimum absolute atomic E-state index is 0.0231. The van der Waals surface area contributed by atoms with E-state index in [2.05, 4.69) is 5.75 Å². The van der Waals surface area contributed by atoms with E-state index in [-0.39, 0.29) is 27.4 Å². The molecular weight excluding hydrogens is 275 g/mol. The summed E-state index contributed by atoms with van der Waals surface area (Å²) in [5.41, 5.74) is 5.00. The van der Waals surface area contributed by atoms with E-state index in [1.807, 2.05) is 14.1 Å². The summed E-state index contributed by atoms with van der Waals surface area (Å²) in [7, 11) is 3.54. The maximum atomic E-state index is 9.99. The Bertz CT molecular complexity index is 392.